The number of para-hydroxylation sites is 1. The molecule has 19 heavy (non-hydrogen) atoms. The Morgan fingerprint density at radius 3 is 1.74 bits per heavy atom. The van der Waals surface area contributed by atoms with Crippen LogP contribution in [0.25, 0.3) is 0 Å². The van der Waals surface area contributed by atoms with Gasteiger partial charge in [-0.15, -0.1) is 0 Å². The summed E-state index contributed by atoms with van der Waals surface area (Å²) < 4.78 is 44.6. The quantitative estimate of drug-likeness (QED) is 0.742. The van der Waals surface area contributed by atoms with E-state index >= 15 is 0 Å². The van der Waals surface area contributed by atoms with Crippen LogP contribution in [0.15, 0.2) is 60.7 Å². The van der Waals surface area contributed by atoms with Gasteiger partial charge in [0.2, 0.25) is 0 Å². The summed E-state index contributed by atoms with van der Waals surface area (Å²) in [5.41, 5.74) is -0.159. The summed E-state index contributed by atoms with van der Waals surface area (Å²) in [5.74, 6) is 0.0543. The summed E-state index contributed by atoms with van der Waals surface area (Å²) in [6.07, 6.45) is -4.74. The molecule has 5 heteroatoms. The maximum Gasteiger partial charge on any atom is 0.448 e. The van der Waals surface area contributed by atoms with Crippen LogP contribution >= 0.6 is 11.6 Å². The third kappa shape index (κ3) is 2.84. The normalized spacial score (nSPS) is 14.7. The summed E-state index contributed by atoms with van der Waals surface area (Å²) in [6.45, 7) is 0. The Bertz CT molecular complexity index is 527. The molecule has 1 unspecified atom stereocenters. The monoisotopic (exact) mass is 286 g/mol. The van der Waals surface area contributed by atoms with Crippen molar-refractivity contribution in [3.05, 3.63) is 66.2 Å². The Labute approximate surface area is 113 Å². The summed E-state index contributed by atoms with van der Waals surface area (Å²) in [5, 5.41) is -2.89. The lowest BCUT2D eigenvalue weighted by molar-refractivity contribution is -0.218. The van der Waals surface area contributed by atoms with Gasteiger partial charge in [0.05, 0.1) is 0 Å². The van der Waals surface area contributed by atoms with Gasteiger partial charge in [-0.1, -0.05) is 60.1 Å². The average molecular weight is 287 g/mol. The smallest absolute Gasteiger partial charge is 0.448 e. The lowest BCUT2D eigenvalue weighted by atomic mass is 10.1. The predicted molar refractivity (Wildman–Crippen MR) is 67.1 cm³/mol. The van der Waals surface area contributed by atoms with Crippen molar-refractivity contribution >= 4 is 11.6 Å². The summed E-state index contributed by atoms with van der Waals surface area (Å²) in [6, 6.07) is 14.8. The minimum Gasteiger partial charge on any atom is -0.458 e. The van der Waals surface area contributed by atoms with Crippen molar-refractivity contribution in [3.63, 3.8) is 0 Å². The molecule has 1 atom stereocenters. The van der Waals surface area contributed by atoms with Crippen LogP contribution in [0.3, 0.4) is 0 Å². The highest BCUT2D eigenvalue weighted by Crippen LogP contribution is 2.45. The van der Waals surface area contributed by atoms with E-state index in [4.69, 9.17) is 16.3 Å². The molecular formula is C14H10ClF3O. The lowest BCUT2D eigenvalue weighted by Gasteiger charge is -2.30. The second-order valence-electron chi connectivity index (χ2n) is 3.87. The number of hydrogen-bond donors (Lipinski definition) is 0. The van der Waals surface area contributed by atoms with E-state index in [1.807, 2.05) is 0 Å². The van der Waals surface area contributed by atoms with Gasteiger partial charge in [-0.3, -0.25) is 0 Å². The van der Waals surface area contributed by atoms with Crippen LogP contribution in [0.2, 0.25) is 0 Å². The predicted octanol–water partition coefficient (Wildman–Crippen LogP) is 4.72. The second-order valence-corrected chi connectivity index (χ2v) is 4.41. The Hall–Kier alpha value is -1.68. The highest BCUT2D eigenvalue weighted by atomic mass is 35.5. The summed E-state index contributed by atoms with van der Waals surface area (Å²) >= 11 is 5.73. The molecule has 0 aliphatic heterocycles. The van der Waals surface area contributed by atoms with Crippen molar-refractivity contribution in [2.45, 2.75) is 11.2 Å². The van der Waals surface area contributed by atoms with Crippen molar-refractivity contribution in [1.29, 1.82) is 0 Å². The van der Waals surface area contributed by atoms with Gasteiger partial charge in [-0.2, -0.15) is 13.2 Å². The molecule has 0 spiro atoms. The molecule has 0 heterocycles. The zero-order chi connectivity index (χ0) is 13.9. The van der Waals surface area contributed by atoms with Crippen molar-refractivity contribution in [3.8, 4) is 5.75 Å². The molecule has 0 saturated heterocycles. The first kappa shape index (κ1) is 13.7. The van der Waals surface area contributed by atoms with Crippen molar-refractivity contribution in [1.82, 2.24) is 0 Å². The first-order valence-electron chi connectivity index (χ1n) is 5.49. The van der Waals surface area contributed by atoms with Crippen molar-refractivity contribution in [2.75, 3.05) is 0 Å². The fourth-order valence-electron chi connectivity index (χ4n) is 1.58. The van der Waals surface area contributed by atoms with Gasteiger partial charge in [-0.05, 0) is 12.1 Å². The van der Waals surface area contributed by atoms with Crippen LogP contribution in [-0.2, 0) is 5.06 Å². The third-order valence-corrected chi connectivity index (χ3v) is 3.02. The fraction of sp³-hybridized carbons (Fsp3) is 0.143. The molecule has 0 aliphatic rings. The molecule has 0 saturated carbocycles. The van der Waals surface area contributed by atoms with Crippen LogP contribution in [0.5, 0.6) is 5.75 Å². The SMILES string of the molecule is FC(F)(F)C(Cl)(Oc1ccccc1)c1ccccc1. The second kappa shape index (κ2) is 5.13. The minimum absolute atomic E-state index is 0.0543. The minimum atomic E-state index is -4.74. The topological polar surface area (TPSA) is 9.23 Å². The fourth-order valence-corrected chi connectivity index (χ4v) is 1.80. The zero-order valence-corrected chi connectivity index (χ0v) is 10.4. The molecule has 0 aliphatic carbocycles. The van der Waals surface area contributed by atoms with E-state index in [9.17, 15) is 13.2 Å². The molecular weight excluding hydrogens is 277 g/mol. The number of alkyl halides is 4. The van der Waals surface area contributed by atoms with Crippen LogP contribution in [-0.4, -0.2) is 6.18 Å². The number of rotatable bonds is 3. The Morgan fingerprint density at radius 1 is 0.789 bits per heavy atom. The molecule has 0 N–H and O–H groups in total. The van der Waals surface area contributed by atoms with E-state index in [2.05, 4.69) is 0 Å². The first-order valence-corrected chi connectivity index (χ1v) is 5.86. The first-order chi connectivity index (χ1) is 8.93. The maximum atomic E-state index is 13.2. The van der Waals surface area contributed by atoms with E-state index in [0.717, 1.165) is 0 Å². The van der Waals surface area contributed by atoms with Crippen LogP contribution in [0.1, 0.15) is 5.56 Å². The van der Waals surface area contributed by atoms with Gasteiger partial charge >= 0.3 is 11.2 Å². The van der Waals surface area contributed by atoms with E-state index in [-0.39, 0.29) is 11.3 Å². The molecule has 0 amide bonds. The van der Waals surface area contributed by atoms with Crippen LogP contribution in [0.4, 0.5) is 13.2 Å². The van der Waals surface area contributed by atoms with E-state index < -0.39 is 11.2 Å². The van der Waals surface area contributed by atoms with E-state index in [1.165, 1.54) is 36.4 Å². The van der Waals surface area contributed by atoms with Gasteiger partial charge in [0.25, 0.3) is 0 Å². The van der Waals surface area contributed by atoms with Crippen LogP contribution < -0.4 is 4.74 Å². The van der Waals surface area contributed by atoms with E-state index in [0.29, 0.717) is 0 Å². The Kier molecular flexibility index (Phi) is 3.71. The van der Waals surface area contributed by atoms with Gasteiger partial charge in [0.1, 0.15) is 5.75 Å². The standard InChI is InChI=1S/C14H10ClF3O/c15-13(14(16,17)18,11-7-3-1-4-8-11)19-12-9-5-2-6-10-12/h1-10H. The molecule has 100 valence electrons. The third-order valence-electron chi connectivity index (χ3n) is 2.51. The number of benzene rings is 2. The molecule has 0 fully saturated rings. The molecule has 0 bridgehead atoms. The molecule has 0 radical (unpaired) electrons. The largest absolute Gasteiger partial charge is 0.458 e. The number of ether oxygens (including phenoxy) is 1. The molecule has 1 nitrogen and oxygen atoms in total. The molecule has 2 aromatic rings. The molecule has 2 aromatic carbocycles. The highest BCUT2D eigenvalue weighted by Gasteiger charge is 2.57. The Morgan fingerprint density at radius 2 is 1.26 bits per heavy atom. The van der Waals surface area contributed by atoms with Gasteiger partial charge in [-0.25, -0.2) is 0 Å². The van der Waals surface area contributed by atoms with Gasteiger partial charge in [0.15, 0.2) is 0 Å². The molecule has 0 aromatic heterocycles. The number of hydrogen-bond acceptors (Lipinski definition) is 1. The summed E-state index contributed by atoms with van der Waals surface area (Å²) in [7, 11) is 0. The average Bonchev–Trinajstić information content (AvgIpc) is 2.39. The maximum absolute atomic E-state index is 13.2. The van der Waals surface area contributed by atoms with Crippen LogP contribution in [0, 0.1) is 0 Å². The van der Waals surface area contributed by atoms with Crippen molar-refractivity contribution < 1.29 is 17.9 Å². The van der Waals surface area contributed by atoms with Crippen molar-refractivity contribution in [2.24, 2.45) is 0 Å². The lowest BCUT2D eigenvalue weighted by Crippen LogP contribution is -2.42. The van der Waals surface area contributed by atoms with E-state index in [1.54, 1.807) is 24.3 Å². The van der Waals surface area contributed by atoms with Gasteiger partial charge in [0, 0.05) is 5.56 Å². The van der Waals surface area contributed by atoms with Gasteiger partial charge < -0.3 is 4.74 Å². The zero-order valence-electron chi connectivity index (χ0n) is 9.69. The highest BCUT2D eigenvalue weighted by molar-refractivity contribution is 6.23. The Balaban J connectivity index is 2.42. The summed E-state index contributed by atoms with van der Waals surface area (Å²) in [4.78, 5) is 0. The number of halogens is 4. The molecule has 2 rings (SSSR count).